The number of ether oxygens (including phenoxy) is 2. The molecule has 6 nitrogen and oxygen atoms in total. The number of nitrogens with zero attached hydrogens (tertiary/aromatic N) is 1. The predicted octanol–water partition coefficient (Wildman–Crippen LogP) is 4.66. The van der Waals surface area contributed by atoms with Crippen LogP contribution in [0.2, 0.25) is 0 Å². The molecule has 0 aliphatic rings. The van der Waals surface area contributed by atoms with E-state index in [1.165, 1.54) is 38.3 Å². The summed E-state index contributed by atoms with van der Waals surface area (Å²) >= 11 is 0. The van der Waals surface area contributed by atoms with Crippen molar-refractivity contribution in [1.29, 1.82) is 0 Å². The maximum absolute atomic E-state index is 11.8. The zero-order valence-corrected chi connectivity index (χ0v) is 17.0. The quantitative estimate of drug-likeness (QED) is 0.292. The van der Waals surface area contributed by atoms with Crippen LogP contribution in [0.15, 0.2) is 53.6 Å². The number of hydrogen-bond acceptors (Lipinski definition) is 5. The molecule has 1 amide bonds. The molecule has 0 heterocycles. The summed E-state index contributed by atoms with van der Waals surface area (Å²) in [7, 11) is 0. The van der Waals surface area contributed by atoms with Crippen LogP contribution in [0, 0.1) is 0 Å². The summed E-state index contributed by atoms with van der Waals surface area (Å²) in [6, 6.07) is 13.9. The average Bonchev–Trinajstić information content (AvgIpc) is 2.74. The first-order chi connectivity index (χ1) is 14.2. The van der Waals surface area contributed by atoms with E-state index in [4.69, 9.17) is 9.47 Å². The molecule has 0 saturated carbocycles. The number of unbranched alkanes of at least 4 members (excludes halogenated alkanes) is 5. The second kappa shape index (κ2) is 13.2. The van der Waals surface area contributed by atoms with E-state index in [1.807, 2.05) is 12.1 Å². The molecular weight excluding hydrogens is 368 g/mol. The summed E-state index contributed by atoms with van der Waals surface area (Å²) in [5.41, 5.74) is 2.88. The Kier molecular flexibility index (Phi) is 10.1. The van der Waals surface area contributed by atoms with Crippen molar-refractivity contribution < 1.29 is 19.4 Å². The van der Waals surface area contributed by atoms with Crippen molar-refractivity contribution in [3.05, 3.63) is 54.1 Å². The Morgan fingerprint density at radius 2 is 1.62 bits per heavy atom. The maximum atomic E-state index is 11.8. The number of benzene rings is 2. The van der Waals surface area contributed by atoms with Gasteiger partial charge in [0, 0.05) is 5.56 Å². The van der Waals surface area contributed by atoms with Gasteiger partial charge in [-0.05, 0) is 42.8 Å². The van der Waals surface area contributed by atoms with Crippen molar-refractivity contribution in [1.82, 2.24) is 5.43 Å². The molecule has 29 heavy (non-hydrogen) atoms. The highest BCUT2D eigenvalue weighted by molar-refractivity contribution is 5.85. The van der Waals surface area contributed by atoms with Crippen LogP contribution >= 0.6 is 0 Å². The Balaban J connectivity index is 1.62. The molecule has 0 radical (unpaired) electrons. The van der Waals surface area contributed by atoms with Gasteiger partial charge in [0.05, 0.1) is 12.8 Å². The van der Waals surface area contributed by atoms with Gasteiger partial charge in [-0.1, -0.05) is 51.2 Å². The van der Waals surface area contributed by atoms with Gasteiger partial charge >= 0.3 is 0 Å². The summed E-state index contributed by atoms with van der Waals surface area (Å²) in [5, 5.41) is 13.4. The lowest BCUT2D eigenvalue weighted by atomic mass is 10.1. The molecule has 0 aliphatic heterocycles. The fraction of sp³-hybridized carbons (Fsp3) is 0.391. The Labute approximate surface area is 172 Å². The first kappa shape index (κ1) is 22.3. The van der Waals surface area contributed by atoms with Crippen molar-refractivity contribution in [3.8, 4) is 17.2 Å². The molecule has 2 aromatic rings. The highest BCUT2D eigenvalue weighted by Crippen LogP contribution is 2.18. The van der Waals surface area contributed by atoms with E-state index in [0.717, 1.165) is 12.2 Å². The third-order valence-electron chi connectivity index (χ3n) is 4.29. The van der Waals surface area contributed by atoms with E-state index in [-0.39, 0.29) is 18.3 Å². The Bertz CT molecular complexity index is 760. The number of amides is 1. The van der Waals surface area contributed by atoms with Crippen LogP contribution in [0.25, 0.3) is 0 Å². The number of phenolic OH excluding ortho intramolecular Hbond substituents is 1. The zero-order valence-electron chi connectivity index (χ0n) is 17.0. The van der Waals surface area contributed by atoms with Gasteiger partial charge < -0.3 is 14.6 Å². The minimum atomic E-state index is -0.389. The Hall–Kier alpha value is -3.02. The molecule has 0 bridgehead atoms. The molecule has 0 atom stereocenters. The molecule has 2 rings (SSSR count). The number of phenols is 1. The van der Waals surface area contributed by atoms with E-state index in [2.05, 4.69) is 17.5 Å². The lowest BCUT2D eigenvalue weighted by Crippen LogP contribution is -2.24. The van der Waals surface area contributed by atoms with Crippen LogP contribution in [0.3, 0.4) is 0 Å². The van der Waals surface area contributed by atoms with Gasteiger partial charge in [-0.3, -0.25) is 4.79 Å². The van der Waals surface area contributed by atoms with E-state index in [0.29, 0.717) is 17.9 Å². The summed E-state index contributed by atoms with van der Waals surface area (Å²) in [6.07, 6.45) is 8.77. The van der Waals surface area contributed by atoms with Crippen LogP contribution in [-0.4, -0.2) is 30.4 Å². The fourth-order valence-electron chi connectivity index (χ4n) is 2.66. The van der Waals surface area contributed by atoms with E-state index in [1.54, 1.807) is 36.4 Å². The van der Waals surface area contributed by atoms with Gasteiger partial charge in [0.1, 0.15) is 17.2 Å². The highest BCUT2D eigenvalue weighted by Gasteiger charge is 2.03. The standard InChI is InChI=1S/C23H30N2O4/c1-2-3-4-5-6-9-16-28-20-12-14-21(15-13-20)29-18-23(27)25-24-17-19-10-7-8-11-22(19)26/h7-8,10-15,17,26H,2-6,9,16,18H2,1H3,(H,25,27)/b24-17+. The topological polar surface area (TPSA) is 80.2 Å². The van der Waals surface area contributed by atoms with Gasteiger partial charge in [0.15, 0.2) is 6.61 Å². The molecule has 6 heteroatoms. The molecule has 2 aromatic carbocycles. The van der Waals surface area contributed by atoms with E-state index < -0.39 is 0 Å². The molecule has 0 fully saturated rings. The van der Waals surface area contributed by atoms with Crippen molar-refractivity contribution >= 4 is 12.1 Å². The average molecular weight is 399 g/mol. The first-order valence-corrected chi connectivity index (χ1v) is 10.1. The largest absolute Gasteiger partial charge is 0.507 e. The normalized spacial score (nSPS) is 10.8. The number of carbonyl (C=O) groups excluding carboxylic acids is 1. The Morgan fingerprint density at radius 3 is 2.34 bits per heavy atom. The zero-order chi connectivity index (χ0) is 20.7. The molecule has 2 N–H and O–H groups in total. The molecule has 0 aliphatic carbocycles. The minimum Gasteiger partial charge on any atom is -0.507 e. The van der Waals surface area contributed by atoms with Crippen LogP contribution in [0.5, 0.6) is 17.2 Å². The Morgan fingerprint density at radius 1 is 0.966 bits per heavy atom. The number of aromatic hydroxyl groups is 1. The smallest absolute Gasteiger partial charge is 0.277 e. The summed E-state index contributed by atoms with van der Waals surface area (Å²) in [5.74, 6) is 1.08. The highest BCUT2D eigenvalue weighted by atomic mass is 16.5. The summed E-state index contributed by atoms with van der Waals surface area (Å²) in [6.45, 7) is 2.77. The molecule has 0 saturated heterocycles. The number of rotatable bonds is 13. The van der Waals surface area contributed by atoms with Crippen LogP contribution < -0.4 is 14.9 Å². The SMILES string of the molecule is CCCCCCCCOc1ccc(OCC(=O)N/N=C/c2ccccc2O)cc1. The number of carbonyl (C=O) groups is 1. The van der Waals surface area contributed by atoms with Gasteiger partial charge in [0.2, 0.25) is 0 Å². The monoisotopic (exact) mass is 398 g/mol. The number of para-hydroxylation sites is 1. The second-order valence-corrected chi connectivity index (χ2v) is 6.73. The molecule has 0 spiro atoms. The lowest BCUT2D eigenvalue weighted by molar-refractivity contribution is -0.123. The van der Waals surface area contributed by atoms with E-state index >= 15 is 0 Å². The maximum Gasteiger partial charge on any atom is 0.277 e. The first-order valence-electron chi connectivity index (χ1n) is 10.1. The van der Waals surface area contributed by atoms with Gasteiger partial charge in [-0.25, -0.2) is 5.43 Å². The van der Waals surface area contributed by atoms with Crippen molar-refractivity contribution in [2.45, 2.75) is 45.4 Å². The minimum absolute atomic E-state index is 0.0977. The number of hydrogen-bond donors (Lipinski definition) is 2. The molecule has 0 aromatic heterocycles. The van der Waals surface area contributed by atoms with E-state index in [9.17, 15) is 9.90 Å². The number of hydrazone groups is 1. The van der Waals surface area contributed by atoms with Gasteiger partial charge in [-0.15, -0.1) is 0 Å². The van der Waals surface area contributed by atoms with Crippen molar-refractivity contribution in [2.24, 2.45) is 5.10 Å². The molecule has 0 unspecified atom stereocenters. The molecule has 156 valence electrons. The predicted molar refractivity (Wildman–Crippen MR) is 115 cm³/mol. The fourth-order valence-corrected chi connectivity index (χ4v) is 2.66. The third kappa shape index (κ3) is 9.14. The van der Waals surface area contributed by atoms with Gasteiger partial charge in [-0.2, -0.15) is 5.10 Å². The summed E-state index contributed by atoms with van der Waals surface area (Å²) in [4.78, 5) is 11.8. The van der Waals surface area contributed by atoms with Crippen molar-refractivity contribution in [2.75, 3.05) is 13.2 Å². The van der Waals surface area contributed by atoms with Gasteiger partial charge in [0.25, 0.3) is 5.91 Å². The van der Waals surface area contributed by atoms with Crippen LogP contribution in [-0.2, 0) is 4.79 Å². The van der Waals surface area contributed by atoms with Crippen molar-refractivity contribution in [3.63, 3.8) is 0 Å². The van der Waals surface area contributed by atoms with Crippen LogP contribution in [0.4, 0.5) is 0 Å². The van der Waals surface area contributed by atoms with Crippen LogP contribution in [0.1, 0.15) is 51.0 Å². The summed E-state index contributed by atoms with van der Waals surface area (Å²) < 4.78 is 11.2. The molecular formula is C23H30N2O4. The lowest BCUT2D eigenvalue weighted by Gasteiger charge is -2.08. The number of nitrogens with one attached hydrogen (secondary N) is 1. The second-order valence-electron chi connectivity index (χ2n) is 6.73. The third-order valence-corrected chi connectivity index (χ3v) is 4.29.